The number of hydrogen-bond acceptors (Lipinski definition) is 7. The molecule has 0 spiro atoms. The second-order valence-corrected chi connectivity index (χ2v) is 7.32. The van der Waals surface area contributed by atoms with Gasteiger partial charge in [-0.15, -0.1) is 0 Å². The minimum Gasteiger partial charge on any atom is -0.450 e. The molecule has 0 radical (unpaired) electrons. The molecule has 12 nitrogen and oxygen atoms in total. The van der Waals surface area contributed by atoms with Gasteiger partial charge in [-0.25, -0.2) is 9.59 Å². The highest BCUT2D eigenvalue weighted by Gasteiger charge is 2.50. The van der Waals surface area contributed by atoms with E-state index in [0.29, 0.717) is 0 Å². The number of benzene rings is 1. The van der Waals surface area contributed by atoms with Crippen molar-refractivity contribution in [2.75, 3.05) is 39.3 Å². The second kappa shape index (κ2) is 8.58. The number of nitro benzene ring substituents is 1. The van der Waals surface area contributed by atoms with Gasteiger partial charge in [-0.05, 0) is 19.4 Å². The molecule has 12 heteroatoms. The normalized spacial score (nSPS) is 21.2. The van der Waals surface area contributed by atoms with Crippen molar-refractivity contribution in [3.05, 3.63) is 39.9 Å². The van der Waals surface area contributed by atoms with Crippen LogP contribution in [0.15, 0.2) is 24.3 Å². The zero-order chi connectivity index (χ0) is 22.8. The average Bonchev–Trinajstić information content (AvgIpc) is 2.98. The molecule has 1 aromatic rings. The number of non-ortho nitro benzene ring substituents is 1. The molecule has 2 aliphatic rings. The number of nitro groups is 1. The van der Waals surface area contributed by atoms with Crippen LogP contribution in [0.4, 0.5) is 15.3 Å². The van der Waals surface area contributed by atoms with Gasteiger partial charge in [0.15, 0.2) is 0 Å². The maximum Gasteiger partial charge on any atom is 0.409 e. The Morgan fingerprint density at radius 3 is 2.45 bits per heavy atom. The van der Waals surface area contributed by atoms with E-state index < -0.39 is 40.9 Å². The Morgan fingerprint density at radius 1 is 1.19 bits per heavy atom. The van der Waals surface area contributed by atoms with Crippen LogP contribution in [0, 0.1) is 10.1 Å². The number of hydrogen-bond donors (Lipinski definition) is 1. The summed E-state index contributed by atoms with van der Waals surface area (Å²) in [5, 5.41) is 13.6. The number of ether oxygens (including phenoxy) is 1. The predicted molar refractivity (Wildman–Crippen MR) is 106 cm³/mol. The van der Waals surface area contributed by atoms with Crippen molar-refractivity contribution in [2.24, 2.45) is 0 Å². The summed E-state index contributed by atoms with van der Waals surface area (Å²) in [4.78, 5) is 64.1. The van der Waals surface area contributed by atoms with Crippen LogP contribution >= 0.6 is 0 Å². The summed E-state index contributed by atoms with van der Waals surface area (Å²) in [6.45, 7) is 4.02. The zero-order valence-corrected chi connectivity index (χ0v) is 17.2. The molecule has 5 amide bonds. The van der Waals surface area contributed by atoms with Crippen molar-refractivity contribution in [1.82, 2.24) is 20.0 Å². The van der Waals surface area contributed by atoms with Crippen LogP contribution in [0.1, 0.15) is 19.4 Å². The van der Waals surface area contributed by atoms with E-state index in [2.05, 4.69) is 5.32 Å². The molecule has 1 unspecified atom stereocenters. The third-order valence-electron chi connectivity index (χ3n) is 5.36. The Kier molecular flexibility index (Phi) is 6.09. The van der Waals surface area contributed by atoms with Crippen molar-refractivity contribution in [2.45, 2.75) is 19.4 Å². The fourth-order valence-corrected chi connectivity index (χ4v) is 3.56. The van der Waals surface area contributed by atoms with Gasteiger partial charge in [0, 0.05) is 38.3 Å². The third kappa shape index (κ3) is 4.27. The maximum absolute atomic E-state index is 13.0. The van der Waals surface area contributed by atoms with E-state index in [1.807, 2.05) is 0 Å². The van der Waals surface area contributed by atoms with E-state index in [4.69, 9.17) is 4.74 Å². The number of carbonyl (C=O) groups excluding carboxylic acids is 4. The van der Waals surface area contributed by atoms with Crippen LogP contribution in [-0.4, -0.2) is 82.9 Å². The molecule has 2 saturated heterocycles. The summed E-state index contributed by atoms with van der Waals surface area (Å²) in [6.07, 6.45) is -0.448. The van der Waals surface area contributed by atoms with Gasteiger partial charge in [-0.1, -0.05) is 12.1 Å². The molecule has 0 aliphatic carbocycles. The molecule has 1 atom stereocenters. The molecule has 2 fully saturated rings. The summed E-state index contributed by atoms with van der Waals surface area (Å²) >= 11 is 0. The van der Waals surface area contributed by atoms with Crippen LogP contribution in [0.3, 0.4) is 0 Å². The Morgan fingerprint density at radius 2 is 1.84 bits per heavy atom. The van der Waals surface area contributed by atoms with Gasteiger partial charge in [-0.2, -0.15) is 0 Å². The van der Waals surface area contributed by atoms with Crippen LogP contribution in [-0.2, 0) is 19.9 Å². The van der Waals surface area contributed by atoms with Crippen molar-refractivity contribution in [1.29, 1.82) is 0 Å². The van der Waals surface area contributed by atoms with E-state index in [1.54, 1.807) is 6.92 Å². The molecule has 166 valence electrons. The van der Waals surface area contributed by atoms with Crippen molar-refractivity contribution < 1.29 is 28.8 Å². The molecule has 1 N–H and O–H groups in total. The predicted octanol–water partition coefficient (Wildman–Crippen LogP) is 0.663. The van der Waals surface area contributed by atoms with Gasteiger partial charge < -0.3 is 19.9 Å². The van der Waals surface area contributed by atoms with E-state index in [0.717, 1.165) is 4.90 Å². The molecule has 0 saturated carbocycles. The van der Waals surface area contributed by atoms with Crippen molar-refractivity contribution >= 4 is 29.6 Å². The van der Waals surface area contributed by atoms with Crippen LogP contribution < -0.4 is 5.32 Å². The van der Waals surface area contributed by atoms with Gasteiger partial charge >= 0.3 is 12.1 Å². The molecule has 1 aromatic carbocycles. The Balaban J connectivity index is 1.66. The molecule has 2 heterocycles. The van der Waals surface area contributed by atoms with E-state index in [9.17, 15) is 29.3 Å². The molecular formula is C19H23N5O7. The molecule has 2 aliphatic heterocycles. The molecule has 31 heavy (non-hydrogen) atoms. The number of rotatable bonds is 5. The lowest BCUT2D eigenvalue weighted by Crippen LogP contribution is -2.53. The SMILES string of the molecule is CCOC(=O)N1CCN(C(=O)CN2C(=O)NC(C)(c3cccc([N+](=O)[O-])c3)C2=O)CC1. The topological polar surface area (TPSA) is 142 Å². The first kappa shape index (κ1) is 22.0. The fourth-order valence-electron chi connectivity index (χ4n) is 3.56. The zero-order valence-electron chi connectivity index (χ0n) is 17.2. The lowest BCUT2D eigenvalue weighted by molar-refractivity contribution is -0.385. The van der Waals surface area contributed by atoms with E-state index in [1.165, 1.54) is 41.0 Å². The highest BCUT2D eigenvalue weighted by atomic mass is 16.6. The number of nitrogens with zero attached hydrogens (tertiary/aromatic N) is 4. The lowest BCUT2D eigenvalue weighted by Gasteiger charge is -2.34. The Hall–Kier alpha value is -3.70. The van der Waals surface area contributed by atoms with Gasteiger partial charge in [0.2, 0.25) is 5.91 Å². The number of amides is 5. The average molecular weight is 433 g/mol. The lowest BCUT2D eigenvalue weighted by atomic mass is 9.91. The number of piperazine rings is 1. The van der Waals surface area contributed by atoms with Gasteiger partial charge in [0.05, 0.1) is 11.5 Å². The fraction of sp³-hybridized carbons (Fsp3) is 0.474. The van der Waals surface area contributed by atoms with Gasteiger partial charge in [-0.3, -0.25) is 24.6 Å². The standard InChI is InChI=1S/C19H23N5O7/c1-3-31-18(28)22-9-7-21(8-10-22)15(25)12-23-16(26)19(2,20-17(23)27)13-5-4-6-14(11-13)24(29)30/h4-6,11H,3,7-10,12H2,1-2H3,(H,20,27). The molecule has 3 rings (SSSR count). The van der Waals surface area contributed by atoms with Crippen LogP contribution in [0.25, 0.3) is 0 Å². The monoisotopic (exact) mass is 433 g/mol. The van der Waals surface area contributed by atoms with Crippen molar-refractivity contribution in [3.63, 3.8) is 0 Å². The number of imide groups is 1. The molecule has 0 aromatic heterocycles. The summed E-state index contributed by atoms with van der Waals surface area (Å²) in [7, 11) is 0. The highest BCUT2D eigenvalue weighted by molar-refractivity contribution is 6.09. The largest absolute Gasteiger partial charge is 0.450 e. The molecule has 0 bridgehead atoms. The maximum atomic E-state index is 13.0. The van der Waals surface area contributed by atoms with E-state index >= 15 is 0 Å². The van der Waals surface area contributed by atoms with Gasteiger partial charge in [0.1, 0.15) is 12.1 Å². The summed E-state index contributed by atoms with van der Waals surface area (Å²) in [5.41, 5.74) is -1.49. The number of nitrogens with one attached hydrogen (secondary N) is 1. The molecular weight excluding hydrogens is 410 g/mol. The van der Waals surface area contributed by atoms with Crippen LogP contribution in [0.2, 0.25) is 0 Å². The summed E-state index contributed by atoms with van der Waals surface area (Å²) in [5.74, 6) is -1.10. The highest BCUT2D eigenvalue weighted by Crippen LogP contribution is 2.30. The first-order valence-electron chi connectivity index (χ1n) is 9.76. The number of carbonyl (C=O) groups is 4. The smallest absolute Gasteiger partial charge is 0.409 e. The van der Waals surface area contributed by atoms with Crippen LogP contribution in [0.5, 0.6) is 0 Å². The number of urea groups is 1. The quantitative estimate of drug-likeness (QED) is 0.408. The first-order chi connectivity index (χ1) is 14.7. The minimum absolute atomic E-state index is 0.213. The second-order valence-electron chi connectivity index (χ2n) is 7.32. The van der Waals surface area contributed by atoms with Gasteiger partial charge in [0.25, 0.3) is 11.6 Å². The first-order valence-corrected chi connectivity index (χ1v) is 9.76. The third-order valence-corrected chi connectivity index (χ3v) is 5.36. The Bertz CT molecular complexity index is 928. The van der Waals surface area contributed by atoms with Crippen molar-refractivity contribution in [3.8, 4) is 0 Å². The summed E-state index contributed by atoms with van der Waals surface area (Å²) in [6, 6.07) is 4.68. The Labute approximate surface area is 177 Å². The van der Waals surface area contributed by atoms with E-state index in [-0.39, 0.29) is 44.0 Å². The minimum atomic E-state index is -1.52. The summed E-state index contributed by atoms with van der Waals surface area (Å²) < 4.78 is 4.94.